The molecule has 0 aliphatic carbocycles. The molecule has 104 valence electrons. The van der Waals surface area contributed by atoms with Gasteiger partial charge in [-0.25, -0.2) is 9.78 Å². The lowest BCUT2D eigenvalue weighted by Gasteiger charge is -2.11. The van der Waals surface area contributed by atoms with Gasteiger partial charge in [-0.1, -0.05) is 42.5 Å². The van der Waals surface area contributed by atoms with Gasteiger partial charge in [-0.15, -0.1) is 0 Å². The van der Waals surface area contributed by atoms with E-state index in [1.807, 2.05) is 56.3 Å². The molecule has 0 unspecified atom stereocenters. The van der Waals surface area contributed by atoms with E-state index in [9.17, 15) is 9.90 Å². The predicted octanol–water partition coefficient (Wildman–Crippen LogP) is 4.22. The Morgan fingerprint density at radius 1 is 1.00 bits per heavy atom. The van der Waals surface area contributed by atoms with Crippen LogP contribution in [0.15, 0.2) is 48.5 Å². The van der Waals surface area contributed by atoms with E-state index in [-0.39, 0.29) is 0 Å². The molecular formula is C18H15NO2. The summed E-state index contributed by atoms with van der Waals surface area (Å²) in [6.45, 7) is 3.87. The third-order valence-corrected chi connectivity index (χ3v) is 3.67. The first kappa shape index (κ1) is 13.3. The molecule has 3 heteroatoms. The maximum absolute atomic E-state index is 11.6. The van der Waals surface area contributed by atoms with Crippen molar-refractivity contribution >= 4 is 16.9 Å². The summed E-state index contributed by atoms with van der Waals surface area (Å²) in [6, 6.07) is 15.2. The van der Waals surface area contributed by atoms with Crippen molar-refractivity contribution in [2.75, 3.05) is 0 Å². The first-order valence-electron chi connectivity index (χ1n) is 6.77. The number of aromatic nitrogens is 1. The molecule has 2 aromatic carbocycles. The fraction of sp³-hybridized carbons (Fsp3) is 0.111. The molecule has 0 aliphatic rings. The highest BCUT2D eigenvalue weighted by molar-refractivity contribution is 6.05. The lowest BCUT2D eigenvalue weighted by atomic mass is 9.98. The second kappa shape index (κ2) is 5.02. The molecule has 0 aliphatic heterocycles. The highest BCUT2D eigenvalue weighted by Crippen LogP contribution is 2.29. The summed E-state index contributed by atoms with van der Waals surface area (Å²) in [5.41, 5.74) is 4.59. The quantitative estimate of drug-likeness (QED) is 0.763. The molecule has 0 amide bonds. The number of nitrogens with zero attached hydrogens (tertiary/aromatic N) is 1. The Kier molecular flexibility index (Phi) is 3.18. The van der Waals surface area contributed by atoms with Crippen molar-refractivity contribution < 1.29 is 9.90 Å². The van der Waals surface area contributed by atoms with Crippen LogP contribution in [0.2, 0.25) is 0 Å². The third-order valence-electron chi connectivity index (χ3n) is 3.67. The number of carbonyl (C=O) groups is 1. The highest BCUT2D eigenvalue weighted by Gasteiger charge is 2.15. The van der Waals surface area contributed by atoms with Crippen LogP contribution in [0, 0.1) is 13.8 Å². The first-order valence-corrected chi connectivity index (χ1v) is 6.77. The van der Waals surface area contributed by atoms with Gasteiger partial charge in [0.25, 0.3) is 0 Å². The lowest BCUT2D eigenvalue weighted by molar-refractivity contribution is 0.0699. The molecule has 1 aromatic heterocycles. The van der Waals surface area contributed by atoms with Gasteiger partial charge in [0.15, 0.2) is 0 Å². The smallest absolute Gasteiger partial charge is 0.336 e. The molecule has 21 heavy (non-hydrogen) atoms. The highest BCUT2D eigenvalue weighted by atomic mass is 16.4. The molecule has 0 radical (unpaired) electrons. The van der Waals surface area contributed by atoms with E-state index in [2.05, 4.69) is 4.98 Å². The molecule has 0 spiro atoms. The van der Waals surface area contributed by atoms with Crippen LogP contribution >= 0.6 is 0 Å². The SMILES string of the molecule is Cc1ccc(C)c2c(C(=O)O)cc(-c3ccccc3)nc12. The summed E-state index contributed by atoms with van der Waals surface area (Å²) in [4.78, 5) is 16.3. The van der Waals surface area contributed by atoms with Crippen molar-refractivity contribution in [3.8, 4) is 11.3 Å². The number of benzene rings is 2. The Hall–Kier alpha value is -2.68. The number of carboxylic acids is 1. The minimum atomic E-state index is -0.923. The van der Waals surface area contributed by atoms with Crippen molar-refractivity contribution in [3.05, 3.63) is 65.2 Å². The van der Waals surface area contributed by atoms with Gasteiger partial charge in [-0.05, 0) is 31.0 Å². The standard InChI is InChI=1S/C18H15NO2/c1-11-8-9-12(2)17-16(11)14(18(20)21)10-15(19-17)13-6-4-3-5-7-13/h3-10H,1-2H3,(H,20,21). The molecule has 1 heterocycles. The van der Waals surface area contributed by atoms with Gasteiger partial charge < -0.3 is 5.11 Å². The molecule has 3 rings (SSSR count). The molecule has 3 aromatic rings. The van der Waals surface area contributed by atoms with Gasteiger partial charge in [0.1, 0.15) is 0 Å². The third kappa shape index (κ3) is 2.27. The molecule has 0 atom stereocenters. The second-order valence-electron chi connectivity index (χ2n) is 5.15. The Bertz CT molecular complexity index is 839. The summed E-state index contributed by atoms with van der Waals surface area (Å²) >= 11 is 0. The van der Waals surface area contributed by atoms with Gasteiger partial charge in [0.05, 0.1) is 16.8 Å². The zero-order chi connectivity index (χ0) is 15.0. The lowest BCUT2D eigenvalue weighted by Crippen LogP contribution is -2.02. The predicted molar refractivity (Wildman–Crippen MR) is 83.6 cm³/mol. The van der Waals surface area contributed by atoms with Crippen molar-refractivity contribution in [1.82, 2.24) is 4.98 Å². The molecule has 0 bridgehead atoms. The largest absolute Gasteiger partial charge is 0.478 e. The Morgan fingerprint density at radius 3 is 2.33 bits per heavy atom. The molecule has 0 saturated heterocycles. The Morgan fingerprint density at radius 2 is 1.67 bits per heavy atom. The Labute approximate surface area is 122 Å². The summed E-state index contributed by atoms with van der Waals surface area (Å²) in [7, 11) is 0. The number of hydrogen-bond acceptors (Lipinski definition) is 2. The van der Waals surface area contributed by atoms with E-state index < -0.39 is 5.97 Å². The van der Waals surface area contributed by atoms with Crippen molar-refractivity contribution in [2.24, 2.45) is 0 Å². The number of hydrogen-bond donors (Lipinski definition) is 1. The van der Waals surface area contributed by atoms with Crippen LogP contribution in [0.3, 0.4) is 0 Å². The fourth-order valence-corrected chi connectivity index (χ4v) is 2.57. The number of aryl methyl sites for hydroxylation is 2. The monoisotopic (exact) mass is 277 g/mol. The summed E-state index contributed by atoms with van der Waals surface area (Å²) in [5.74, 6) is -0.923. The van der Waals surface area contributed by atoms with Crippen molar-refractivity contribution in [2.45, 2.75) is 13.8 Å². The van der Waals surface area contributed by atoms with Crippen LogP contribution in [0.25, 0.3) is 22.2 Å². The van der Waals surface area contributed by atoms with Crippen LogP contribution < -0.4 is 0 Å². The van der Waals surface area contributed by atoms with Crippen LogP contribution in [0.1, 0.15) is 21.5 Å². The number of aromatic carboxylic acids is 1. The van der Waals surface area contributed by atoms with Crippen LogP contribution in [0.4, 0.5) is 0 Å². The van der Waals surface area contributed by atoms with Gasteiger partial charge in [-0.2, -0.15) is 0 Å². The van der Waals surface area contributed by atoms with E-state index in [0.717, 1.165) is 27.6 Å². The topological polar surface area (TPSA) is 50.2 Å². The Balaban J connectivity index is 2.41. The molecule has 0 saturated carbocycles. The second-order valence-corrected chi connectivity index (χ2v) is 5.15. The molecule has 3 nitrogen and oxygen atoms in total. The van der Waals surface area contributed by atoms with Crippen LogP contribution in [-0.2, 0) is 0 Å². The normalized spacial score (nSPS) is 10.8. The van der Waals surface area contributed by atoms with E-state index in [0.29, 0.717) is 11.3 Å². The van der Waals surface area contributed by atoms with E-state index in [4.69, 9.17) is 0 Å². The maximum atomic E-state index is 11.6. The summed E-state index contributed by atoms with van der Waals surface area (Å²) < 4.78 is 0. The maximum Gasteiger partial charge on any atom is 0.336 e. The van der Waals surface area contributed by atoms with E-state index >= 15 is 0 Å². The average molecular weight is 277 g/mol. The minimum absolute atomic E-state index is 0.306. The van der Waals surface area contributed by atoms with Crippen molar-refractivity contribution in [1.29, 1.82) is 0 Å². The minimum Gasteiger partial charge on any atom is -0.478 e. The van der Waals surface area contributed by atoms with Gasteiger partial charge in [-0.3, -0.25) is 0 Å². The number of carboxylic acid groups (broad SMARTS) is 1. The molecular weight excluding hydrogens is 262 g/mol. The zero-order valence-corrected chi connectivity index (χ0v) is 11.9. The van der Waals surface area contributed by atoms with E-state index in [1.165, 1.54) is 0 Å². The van der Waals surface area contributed by atoms with Gasteiger partial charge >= 0.3 is 5.97 Å². The molecule has 1 N–H and O–H groups in total. The number of rotatable bonds is 2. The number of fused-ring (bicyclic) bond motifs is 1. The average Bonchev–Trinajstić information content (AvgIpc) is 2.51. The van der Waals surface area contributed by atoms with Crippen molar-refractivity contribution in [3.63, 3.8) is 0 Å². The molecule has 0 fully saturated rings. The van der Waals surface area contributed by atoms with Gasteiger partial charge in [0.2, 0.25) is 0 Å². The van der Waals surface area contributed by atoms with E-state index in [1.54, 1.807) is 6.07 Å². The van der Waals surface area contributed by atoms with Crippen LogP contribution in [-0.4, -0.2) is 16.1 Å². The number of pyridine rings is 1. The summed E-state index contributed by atoms with van der Waals surface area (Å²) in [5, 5.41) is 10.3. The zero-order valence-electron chi connectivity index (χ0n) is 11.9. The van der Waals surface area contributed by atoms with Gasteiger partial charge in [0, 0.05) is 10.9 Å². The first-order chi connectivity index (χ1) is 10.1. The summed E-state index contributed by atoms with van der Waals surface area (Å²) in [6.07, 6.45) is 0. The van der Waals surface area contributed by atoms with Crippen LogP contribution in [0.5, 0.6) is 0 Å². The fourth-order valence-electron chi connectivity index (χ4n) is 2.57.